The number of hydrogen-bond donors (Lipinski definition) is 1. The van der Waals surface area contributed by atoms with Gasteiger partial charge in [-0.2, -0.15) is 0 Å². The van der Waals surface area contributed by atoms with E-state index in [1.54, 1.807) is 18.2 Å². The summed E-state index contributed by atoms with van der Waals surface area (Å²) in [6.07, 6.45) is 0. The molecule has 2 aromatic carbocycles. The Morgan fingerprint density at radius 3 is 2.50 bits per heavy atom. The second-order valence-electron chi connectivity index (χ2n) is 4.24. The summed E-state index contributed by atoms with van der Waals surface area (Å²) in [5, 5.41) is 0.0858. The minimum atomic E-state index is -0.996. The summed E-state index contributed by atoms with van der Waals surface area (Å²) in [4.78, 5) is 0. The predicted molar refractivity (Wildman–Crippen MR) is 75.0 cm³/mol. The first kappa shape index (κ1) is 14.8. The van der Waals surface area contributed by atoms with Crippen molar-refractivity contribution in [2.45, 2.75) is 13.0 Å². The van der Waals surface area contributed by atoms with Gasteiger partial charge in [0.15, 0.2) is 11.6 Å². The van der Waals surface area contributed by atoms with Crippen molar-refractivity contribution < 1.29 is 13.5 Å². The molecule has 2 N–H and O–H groups in total. The van der Waals surface area contributed by atoms with Crippen LogP contribution in [0.3, 0.4) is 0 Å². The maximum atomic E-state index is 13.4. The number of para-hydroxylation sites is 1. The summed E-state index contributed by atoms with van der Waals surface area (Å²) in [6, 6.07) is 8.40. The third-order valence-electron chi connectivity index (χ3n) is 2.93. The number of ether oxygens (including phenoxy) is 1. The van der Waals surface area contributed by atoms with Gasteiger partial charge in [0.2, 0.25) is 0 Å². The molecule has 0 saturated carbocycles. The first-order chi connectivity index (χ1) is 9.54. The van der Waals surface area contributed by atoms with Crippen molar-refractivity contribution in [1.29, 1.82) is 0 Å². The van der Waals surface area contributed by atoms with Crippen LogP contribution in [0.1, 0.15) is 24.1 Å². The highest BCUT2D eigenvalue weighted by Crippen LogP contribution is 2.33. The van der Waals surface area contributed by atoms with E-state index in [0.717, 1.165) is 12.1 Å². The van der Waals surface area contributed by atoms with Crippen LogP contribution < -0.4 is 10.5 Å². The molecule has 0 aromatic heterocycles. The van der Waals surface area contributed by atoms with E-state index in [2.05, 4.69) is 0 Å². The molecule has 0 aliphatic carbocycles. The molecular formula is C15H14ClF2NO. The third kappa shape index (κ3) is 2.92. The summed E-state index contributed by atoms with van der Waals surface area (Å²) < 4.78 is 31.9. The van der Waals surface area contributed by atoms with Crippen LogP contribution >= 0.6 is 11.6 Å². The zero-order chi connectivity index (χ0) is 14.7. The molecule has 0 fully saturated rings. The molecule has 2 rings (SSSR count). The maximum absolute atomic E-state index is 13.4. The summed E-state index contributed by atoms with van der Waals surface area (Å²) >= 11 is 5.95. The van der Waals surface area contributed by atoms with Gasteiger partial charge in [0.1, 0.15) is 5.75 Å². The molecule has 0 aliphatic heterocycles. The average molecular weight is 298 g/mol. The number of rotatable bonds is 4. The zero-order valence-electron chi connectivity index (χ0n) is 10.9. The topological polar surface area (TPSA) is 35.2 Å². The van der Waals surface area contributed by atoms with Crippen molar-refractivity contribution in [1.82, 2.24) is 0 Å². The smallest absolute Gasteiger partial charge is 0.160 e. The Kier molecular flexibility index (Phi) is 4.57. The number of hydrogen-bond acceptors (Lipinski definition) is 2. The van der Waals surface area contributed by atoms with Crippen molar-refractivity contribution in [3.8, 4) is 5.75 Å². The molecule has 0 heterocycles. The van der Waals surface area contributed by atoms with Gasteiger partial charge in [-0.25, -0.2) is 8.78 Å². The van der Waals surface area contributed by atoms with Crippen molar-refractivity contribution in [3.63, 3.8) is 0 Å². The van der Waals surface area contributed by atoms with Crippen molar-refractivity contribution in [2.24, 2.45) is 5.73 Å². The largest absolute Gasteiger partial charge is 0.494 e. The van der Waals surface area contributed by atoms with Crippen molar-refractivity contribution in [2.75, 3.05) is 6.61 Å². The van der Waals surface area contributed by atoms with Gasteiger partial charge in [-0.1, -0.05) is 29.8 Å². The van der Waals surface area contributed by atoms with Crippen LogP contribution in [0.5, 0.6) is 5.75 Å². The Morgan fingerprint density at radius 2 is 1.80 bits per heavy atom. The summed E-state index contributed by atoms with van der Waals surface area (Å²) in [5.41, 5.74) is 7.10. The molecule has 0 amide bonds. The van der Waals surface area contributed by atoms with E-state index in [0.29, 0.717) is 23.5 Å². The van der Waals surface area contributed by atoms with Crippen molar-refractivity contribution >= 4 is 11.6 Å². The fourth-order valence-electron chi connectivity index (χ4n) is 1.97. The van der Waals surface area contributed by atoms with Crippen LogP contribution in [0.4, 0.5) is 8.78 Å². The van der Waals surface area contributed by atoms with Gasteiger partial charge < -0.3 is 10.5 Å². The van der Waals surface area contributed by atoms with Gasteiger partial charge in [-0.3, -0.25) is 0 Å². The van der Waals surface area contributed by atoms with E-state index < -0.39 is 17.7 Å². The van der Waals surface area contributed by atoms with Crippen LogP contribution in [0.2, 0.25) is 5.02 Å². The van der Waals surface area contributed by atoms with Gasteiger partial charge in [-0.15, -0.1) is 0 Å². The zero-order valence-corrected chi connectivity index (χ0v) is 11.6. The average Bonchev–Trinajstić information content (AvgIpc) is 2.43. The molecule has 2 nitrogen and oxygen atoms in total. The Morgan fingerprint density at radius 1 is 1.15 bits per heavy atom. The first-order valence-corrected chi connectivity index (χ1v) is 6.54. The molecule has 2 aromatic rings. The molecule has 106 valence electrons. The standard InChI is InChI=1S/C15H14ClF2NO/c1-2-20-14-6-4-3-5-9(14)15(19)10-7-12(17)13(18)8-11(10)16/h3-8,15H,2,19H2,1H3. The third-order valence-corrected chi connectivity index (χ3v) is 3.26. The second-order valence-corrected chi connectivity index (χ2v) is 4.64. The molecule has 20 heavy (non-hydrogen) atoms. The fourth-order valence-corrected chi connectivity index (χ4v) is 2.24. The maximum Gasteiger partial charge on any atom is 0.160 e. The lowest BCUT2D eigenvalue weighted by Gasteiger charge is -2.18. The molecule has 0 radical (unpaired) electrons. The lowest BCUT2D eigenvalue weighted by Crippen LogP contribution is -2.14. The first-order valence-electron chi connectivity index (χ1n) is 6.16. The van der Waals surface area contributed by atoms with E-state index in [1.807, 2.05) is 13.0 Å². The minimum absolute atomic E-state index is 0.0858. The Hall–Kier alpha value is -1.65. The quantitative estimate of drug-likeness (QED) is 0.864. The van der Waals surface area contributed by atoms with Crippen LogP contribution in [-0.2, 0) is 0 Å². The summed E-state index contributed by atoms with van der Waals surface area (Å²) in [6.45, 7) is 2.34. The SMILES string of the molecule is CCOc1ccccc1C(N)c1cc(F)c(F)cc1Cl. The van der Waals surface area contributed by atoms with Crippen molar-refractivity contribution in [3.05, 3.63) is 64.2 Å². The van der Waals surface area contributed by atoms with E-state index in [1.165, 1.54) is 0 Å². The Bertz CT molecular complexity index is 619. The van der Waals surface area contributed by atoms with Gasteiger partial charge in [0, 0.05) is 10.6 Å². The Balaban J connectivity index is 2.46. The second kappa shape index (κ2) is 6.20. The molecule has 0 saturated heterocycles. The van der Waals surface area contributed by atoms with Crippen LogP contribution in [0, 0.1) is 11.6 Å². The van der Waals surface area contributed by atoms with E-state index in [9.17, 15) is 8.78 Å². The molecule has 1 unspecified atom stereocenters. The number of nitrogens with two attached hydrogens (primary N) is 1. The highest BCUT2D eigenvalue weighted by atomic mass is 35.5. The normalized spacial score (nSPS) is 12.2. The van der Waals surface area contributed by atoms with Gasteiger partial charge >= 0.3 is 0 Å². The van der Waals surface area contributed by atoms with E-state index >= 15 is 0 Å². The molecule has 1 atom stereocenters. The highest BCUT2D eigenvalue weighted by molar-refractivity contribution is 6.31. The van der Waals surface area contributed by atoms with E-state index in [-0.39, 0.29) is 5.02 Å². The lowest BCUT2D eigenvalue weighted by atomic mass is 9.98. The monoisotopic (exact) mass is 297 g/mol. The molecule has 0 aliphatic rings. The number of benzene rings is 2. The highest BCUT2D eigenvalue weighted by Gasteiger charge is 2.19. The molecular weight excluding hydrogens is 284 g/mol. The minimum Gasteiger partial charge on any atom is -0.494 e. The summed E-state index contributed by atoms with van der Waals surface area (Å²) in [7, 11) is 0. The van der Waals surface area contributed by atoms with Gasteiger partial charge in [0.25, 0.3) is 0 Å². The summed E-state index contributed by atoms with van der Waals surface area (Å²) in [5.74, 6) is -1.37. The van der Waals surface area contributed by atoms with Gasteiger partial charge in [0.05, 0.1) is 12.6 Å². The van der Waals surface area contributed by atoms with Gasteiger partial charge in [-0.05, 0) is 30.7 Å². The van der Waals surface area contributed by atoms with Crippen LogP contribution in [0.15, 0.2) is 36.4 Å². The van der Waals surface area contributed by atoms with E-state index in [4.69, 9.17) is 22.1 Å². The van der Waals surface area contributed by atoms with Crippen LogP contribution in [-0.4, -0.2) is 6.61 Å². The Labute approximate surface area is 121 Å². The molecule has 0 bridgehead atoms. The number of halogens is 3. The molecule has 5 heteroatoms. The fraction of sp³-hybridized carbons (Fsp3) is 0.200. The molecule has 0 spiro atoms. The lowest BCUT2D eigenvalue weighted by molar-refractivity contribution is 0.335. The predicted octanol–water partition coefficient (Wildman–Crippen LogP) is 4.07. The van der Waals surface area contributed by atoms with Crippen LogP contribution in [0.25, 0.3) is 0 Å².